The van der Waals surface area contributed by atoms with Crippen molar-refractivity contribution in [3.63, 3.8) is 0 Å². The maximum atomic E-state index is 10.9. The minimum atomic E-state index is -3.46. The van der Waals surface area contributed by atoms with E-state index in [0.29, 0.717) is 13.1 Å². The molecular weight excluding hydrogens is 305 g/mol. The zero-order chi connectivity index (χ0) is 9.90. The predicted molar refractivity (Wildman–Crippen MR) is 60.0 cm³/mol. The largest absolute Gasteiger partial charge is 0.300 e. The van der Waals surface area contributed by atoms with Crippen LogP contribution >= 0.6 is 22.6 Å². The maximum absolute atomic E-state index is 10.9. The highest BCUT2D eigenvalue weighted by atomic mass is 127. The molecule has 0 radical (unpaired) electrons. The summed E-state index contributed by atoms with van der Waals surface area (Å²) in [5.74, 6) is 0. The van der Waals surface area contributed by atoms with Gasteiger partial charge in [0, 0.05) is 37.2 Å². The first kappa shape index (κ1) is 11.6. The molecule has 2 N–H and O–H groups in total. The van der Waals surface area contributed by atoms with Gasteiger partial charge >= 0.3 is 0 Å². The Bertz CT molecular complexity index is 249. The number of rotatable bonds is 3. The van der Waals surface area contributed by atoms with Gasteiger partial charge in [0.15, 0.2) is 0 Å². The third kappa shape index (κ3) is 3.66. The van der Waals surface area contributed by atoms with E-state index in [1.807, 2.05) is 0 Å². The topological polar surface area (TPSA) is 66.6 Å². The first-order chi connectivity index (χ1) is 6.04. The van der Waals surface area contributed by atoms with E-state index in [1.54, 1.807) is 0 Å². The number of hydrogen-bond acceptors (Lipinski definition) is 3. The van der Waals surface area contributed by atoms with Crippen LogP contribution in [0, 0.1) is 0 Å². The Hall–Kier alpha value is 0.560. The second-order valence-electron chi connectivity index (χ2n) is 2.97. The summed E-state index contributed by atoms with van der Waals surface area (Å²) in [6.07, 6.45) is 0. The minimum Gasteiger partial charge on any atom is -0.300 e. The molecule has 0 spiro atoms. The second-order valence-corrected chi connectivity index (χ2v) is 5.60. The molecule has 1 aliphatic heterocycles. The van der Waals surface area contributed by atoms with E-state index in [4.69, 9.17) is 5.14 Å². The third-order valence-electron chi connectivity index (χ3n) is 2.09. The van der Waals surface area contributed by atoms with Crippen LogP contribution in [0.4, 0.5) is 0 Å². The average Bonchev–Trinajstić information content (AvgIpc) is 2.04. The highest BCUT2D eigenvalue weighted by molar-refractivity contribution is 14.1. The van der Waals surface area contributed by atoms with Crippen molar-refractivity contribution in [2.24, 2.45) is 5.14 Å². The molecule has 0 aliphatic carbocycles. The number of nitrogens with zero attached hydrogens (tertiary/aromatic N) is 2. The van der Waals surface area contributed by atoms with Crippen molar-refractivity contribution >= 4 is 32.8 Å². The summed E-state index contributed by atoms with van der Waals surface area (Å²) in [4.78, 5) is 2.24. The lowest BCUT2D eigenvalue weighted by molar-refractivity contribution is 0.198. The maximum Gasteiger partial charge on any atom is 0.276 e. The van der Waals surface area contributed by atoms with Crippen LogP contribution < -0.4 is 5.14 Å². The normalized spacial score (nSPS) is 22.0. The number of hydrogen-bond donors (Lipinski definition) is 1. The highest BCUT2D eigenvalue weighted by Crippen LogP contribution is 2.04. The lowest BCUT2D eigenvalue weighted by atomic mass is 10.4. The van der Waals surface area contributed by atoms with E-state index in [0.717, 1.165) is 24.1 Å². The molecule has 0 saturated carbocycles. The van der Waals surface area contributed by atoms with Gasteiger partial charge in [-0.05, 0) is 0 Å². The summed E-state index contributed by atoms with van der Waals surface area (Å²) in [5.41, 5.74) is 0. The van der Waals surface area contributed by atoms with Crippen LogP contribution in [0.15, 0.2) is 0 Å². The fraction of sp³-hybridized carbons (Fsp3) is 1.00. The summed E-state index contributed by atoms with van der Waals surface area (Å²) in [5, 5.41) is 5.01. The molecule has 0 aromatic heterocycles. The zero-order valence-electron chi connectivity index (χ0n) is 7.32. The zero-order valence-corrected chi connectivity index (χ0v) is 10.3. The van der Waals surface area contributed by atoms with E-state index in [2.05, 4.69) is 27.5 Å². The summed E-state index contributed by atoms with van der Waals surface area (Å²) in [7, 11) is -3.46. The molecule has 5 nitrogen and oxygen atoms in total. The molecule has 1 fully saturated rings. The summed E-state index contributed by atoms with van der Waals surface area (Å²) in [6.45, 7) is 3.66. The molecule has 7 heteroatoms. The molecule has 0 aromatic carbocycles. The molecule has 0 bridgehead atoms. The monoisotopic (exact) mass is 319 g/mol. The SMILES string of the molecule is NS(=O)(=O)N1CCN(CCI)CC1. The van der Waals surface area contributed by atoms with Gasteiger partial charge in [0.1, 0.15) is 0 Å². The van der Waals surface area contributed by atoms with E-state index >= 15 is 0 Å². The van der Waals surface area contributed by atoms with Gasteiger partial charge < -0.3 is 0 Å². The first-order valence-corrected chi connectivity index (χ1v) is 7.13. The predicted octanol–water partition coefficient (Wildman–Crippen LogP) is -0.757. The molecule has 1 heterocycles. The molecule has 1 aliphatic rings. The van der Waals surface area contributed by atoms with Crippen LogP contribution in [0.25, 0.3) is 0 Å². The van der Waals surface area contributed by atoms with E-state index in [-0.39, 0.29) is 0 Å². The second kappa shape index (κ2) is 4.87. The van der Waals surface area contributed by atoms with Gasteiger partial charge in [-0.25, -0.2) is 5.14 Å². The number of halogens is 1. The Labute approximate surface area is 92.6 Å². The summed E-state index contributed by atoms with van der Waals surface area (Å²) >= 11 is 2.31. The standard InChI is InChI=1S/C6H14IN3O2S/c7-1-2-9-3-5-10(6-4-9)13(8,11)12/h1-6H2,(H2,8,11,12). The molecule has 0 aromatic rings. The highest BCUT2D eigenvalue weighted by Gasteiger charge is 2.22. The van der Waals surface area contributed by atoms with Crippen molar-refractivity contribution in [2.75, 3.05) is 37.2 Å². The van der Waals surface area contributed by atoms with Crippen molar-refractivity contribution in [2.45, 2.75) is 0 Å². The Morgan fingerprint density at radius 1 is 1.23 bits per heavy atom. The first-order valence-electron chi connectivity index (χ1n) is 4.10. The van der Waals surface area contributed by atoms with Crippen LogP contribution in [0.5, 0.6) is 0 Å². The van der Waals surface area contributed by atoms with Gasteiger partial charge in [-0.15, -0.1) is 0 Å². The van der Waals surface area contributed by atoms with Gasteiger partial charge in [-0.3, -0.25) is 4.90 Å². The third-order valence-corrected chi connectivity index (χ3v) is 3.66. The number of piperazine rings is 1. The van der Waals surface area contributed by atoms with Crippen molar-refractivity contribution in [1.29, 1.82) is 0 Å². The minimum absolute atomic E-state index is 0.523. The molecule has 78 valence electrons. The number of alkyl halides is 1. The molecule has 0 unspecified atom stereocenters. The van der Waals surface area contributed by atoms with Gasteiger partial charge in [0.2, 0.25) is 0 Å². The molecule has 13 heavy (non-hydrogen) atoms. The van der Waals surface area contributed by atoms with Gasteiger partial charge in [-0.2, -0.15) is 12.7 Å². The quantitative estimate of drug-likeness (QED) is 0.549. The Kier molecular flexibility index (Phi) is 4.36. The molecular formula is C6H14IN3O2S. The van der Waals surface area contributed by atoms with Crippen LogP contribution in [-0.4, -0.2) is 54.8 Å². The van der Waals surface area contributed by atoms with Gasteiger partial charge in [0.05, 0.1) is 0 Å². The Morgan fingerprint density at radius 3 is 2.15 bits per heavy atom. The average molecular weight is 319 g/mol. The fourth-order valence-corrected chi connectivity index (χ4v) is 2.68. The summed E-state index contributed by atoms with van der Waals surface area (Å²) in [6, 6.07) is 0. The Morgan fingerprint density at radius 2 is 1.77 bits per heavy atom. The van der Waals surface area contributed by atoms with Crippen molar-refractivity contribution in [3.05, 3.63) is 0 Å². The van der Waals surface area contributed by atoms with E-state index in [1.165, 1.54) is 4.31 Å². The van der Waals surface area contributed by atoms with Gasteiger partial charge in [-0.1, -0.05) is 22.6 Å². The van der Waals surface area contributed by atoms with Crippen LogP contribution in [0.2, 0.25) is 0 Å². The van der Waals surface area contributed by atoms with Crippen LogP contribution in [-0.2, 0) is 10.2 Å². The lowest BCUT2D eigenvalue weighted by Gasteiger charge is -2.32. The molecule has 1 saturated heterocycles. The van der Waals surface area contributed by atoms with Gasteiger partial charge in [0.25, 0.3) is 10.2 Å². The number of nitrogens with two attached hydrogens (primary N) is 1. The van der Waals surface area contributed by atoms with E-state index < -0.39 is 10.2 Å². The fourth-order valence-electron chi connectivity index (χ4n) is 1.33. The van der Waals surface area contributed by atoms with Crippen molar-refractivity contribution in [1.82, 2.24) is 9.21 Å². The van der Waals surface area contributed by atoms with Crippen LogP contribution in [0.3, 0.4) is 0 Å². The van der Waals surface area contributed by atoms with Crippen LogP contribution in [0.1, 0.15) is 0 Å². The van der Waals surface area contributed by atoms with Crippen molar-refractivity contribution < 1.29 is 8.42 Å². The van der Waals surface area contributed by atoms with Crippen molar-refractivity contribution in [3.8, 4) is 0 Å². The molecule has 0 amide bonds. The summed E-state index contributed by atoms with van der Waals surface area (Å²) < 4.78 is 24.3. The Balaban J connectivity index is 2.39. The van der Waals surface area contributed by atoms with E-state index in [9.17, 15) is 8.42 Å². The lowest BCUT2D eigenvalue weighted by Crippen LogP contribution is -2.50. The smallest absolute Gasteiger partial charge is 0.276 e. The molecule has 1 rings (SSSR count). The molecule has 0 atom stereocenters.